The van der Waals surface area contributed by atoms with Crippen LogP contribution in [-0.4, -0.2) is 27.7 Å². The average Bonchev–Trinajstić information content (AvgIpc) is 2.13. The van der Waals surface area contributed by atoms with E-state index in [2.05, 4.69) is 0 Å². The first-order valence-corrected chi connectivity index (χ1v) is 16.6. The molecule has 2 nitrogen and oxygen atoms in total. The van der Waals surface area contributed by atoms with Crippen molar-refractivity contribution in [2.75, 3.05) is 6.16 Å². The van der Waals surface area contributed by atoms with Crippen LogP contribution >= 0.6 is 26.5 Å². The summed E-state index contributed by atoms with van der Waals surface area (Å²) in [6.07, 6.45) is -0.115. The van der Waals surface area contributed by atoms with Gasteiger partial charge >= 0.3 is 34.5 Å². The Bertz CT molecular complexity index is 310. The van der Waals surface area contributed by atoms with E-state index in [9.17, 15) is 9.67 Å². The van der Waals surface area contributed by atoms with Crippen molar-refractivity contribution in [1.82, 2.24) is 0 Å². The minimum atomic E-state index is -2.49. The summed E-state index contributed by atoms with van der Waals surface area (Å²) in [4.78, 5) is 0. The maximum atomic E-state index is 13.4. The molecule has 1 N–H and O–H groups in total. The Hall–Kier alpha value is 1.39. The number of rotatable bonds is 2. The number of hydrogen-bond acceptors (Lipinski definition) is 2. The molecule has 0 radical (unpaired) electrons. The molecule has 6 heteroatoms. The van der Waals surface area contributed by atoms with Gasteiger partial charge in [0.25, 0.3) is 0 Å². The van der Waals surface area contributed by atoms with Gasteiger partial charge in [0.05, 0.1) is 6.10 Å². The zero-order chi connectivity index (χ0) is 17.0. The summed E-state index contributed by atoms with van der Waals surface area (Å²) in [7, 11) is 7.41. The third kappa shape index (κ3) is 7.10. The van der Waals surface area contributed by atoms with Crippen LogP contribution in [-0.2, 0) is 19.7 Å². The first-order valence-electron chi connectivity index (χ1n) is 6.94. The van der Waals surface area contributed by atoms with E-state index >= 15 is 0 Å². The van der Waals surface area contributed by atoms with E-state index in [1.807, 2.05) is 62.3 Å². The first kappa shape index (κ1) is 23.7. The molecule has 0 saturated carbocycles. The van der Waals surface area contributed by atoms with Gasteiger partial charge in [0.2, 0.25) is 0 Å². The second kappa shape index (κ2) is 8.30. The molecule has 0 amide bonds. The van der Waals surface area contributed by atoms with E-state index in [-0.39, 0.29) is 15.7 Å². The van der Waals surface area contributed by atoms with Gasteiger partial charge in [-0.05, 0) is 5.41 Å². The summed E-state index contributed by atoms with van der Waals surface area (Å²) in [5.74, 6) is 0. The van der Waals surface area contributed by atoms with Crippen molar-refractivity contribution in [2.45, 2.75) is 78.7 Å². The van der Waals surface area contributed by atoms with Crippen molar-refractivity contribution >= 4 is 26.5 Å². The average molecular weight is 399 g/mol. The summed E-state index contributed by atoms with van der Waals surface area (Å²) in [6, 6.07) is 0. The Morgan fingerprint density at radius 2 is 1.20 bits per heavy atom. The molecule has 0 aliphatic heterocycles. The van der Waals surface area contributed by atoms with Gasteiger partial charge in [-0.2, -0.15) is 0 Å². The van der Waals surface area contributed by atoms with Crippen molar-refractivity contribution in [1.29, 1.82) is 0 Å². The molecule has 20 heavy (non-hydrogen) atoms. The maximum absolute atomic E-state index is 13.4. The van der Waals surface area contributed by atoms with Gasteiger partial charge < -0.3 is 9.67 Å². The van der Waals surface area contributed by atoms with Gasteiger partial charge in [-0.3, -0.25) is 0 Å². The fraction of sp³-hybridized carbons (Fsp3) is 1.00. The molecule has 0 fully saturated rings. The first-order chi connectivity index (χ1) is 8.54. The molecule has 0 aromatic carbocycles. The van der Waals surface area contributed by atoms with Crippen LogP contribution in [0.3, 0.4) is 0 Å². The Morgan fingerprint density at radius 3 is 1.35 bits per heavy atom. The molecule has 0 aromatic heterocycles. The molecule has 0 spiro atoms. The number of aliphatic hydroxyl groups excluding tert-OH is 1. The summed E-state index contributed by atoms with van der Waals surface area (Å²) in [5, 5.41) is 9.74. The molecule has 0 bridgehead atoms. The van der Waals surface area contributed by atoms with Crippen LogP contribution in [0.15, 0.2) is 0 Å². The standard InChI is InChI=1S/C14H31O2P.2ClH.Zn/c1-12(2,3)11(15)10-17(16,13(4,5)6)14(7,8)9;;;/h11,15H,10H2,1-9H3;2*1H;/q;;;+2/p-2/t11-;;;/m0.../s1. The van der Waals surface area contributed by atoms with Crippen molar-refractivity contribution in [2.24, 2.45) is 5.41 Å². The Balaban J connectivity index is 0. The van der Waals surface area contributed by atoms with Crippen LogP contribution < -0.4 is 0 Å². The van der Waals surface area contributed by atoms with Crippen molar-refractivity contribution in [3.05, 3.63) is 0 Å². The molecule has 120 valence electrons. The van der Waals surface area contributed by atoms with E-state index < -0.39 is 28.4 Å². The number of aliphatic hydroxyl groups is 1. The van der Waals surface area contributed by atoms with Crippen LogP contribution in [0.4, 0.5) is 0 Å². The number of hydrogen-bond donors (Lipinski definition) is 1. The molecule has 0 saturated heterocycles. The van der Waals surface area contributed by atoms with E-state index in [4.69, 9.17) is 19.4 Å². The SMILES string of the molecule is CC(C)(C)[C@@H](O)CP(=O)(C(C)(C)C)C(C)(C)C.[Cl][Zn][Cl]. The van der Waals surface area contributed by atoms with E-state index in [1.165, 1.54) is 0 Å². The van der Waals surface area contributed by atoms with E-state index in [1.54, 1.807) is 0 Å². The van der Waals surface area contributed by atoms with Gasteiger partial charge in [0.15, 0.2) is 0 Å². The van der Waals surface area contributed by atoms with Gasteiger partial charge in [0, 0.05) is 16.5 Å². The summed E-state index contributed by atoms with van der Waals surface area (Å²) in [5.41, 5.74) is -0.216. The summed E-state index contributed by atoms with van der Waals surface area (Å²) >= 11 is -0.931. The fourth-order valence-corrected chi connectivity index (χ4v) is 6.21. The molecule has 0 heterocycles. The molecular weight excluding hydrogens is 367 g/mol. The molecule has 0 aromatic rings. The Labute approximate surface area is 141 Å². The quantitative estimate of drug-likeness (QED) is 0.476. The third-order valence-corrected chi connectivity index (χ3v) is 8.79. The van der Waals surface area contributed by atoms with Gasteiger partial charge in [-0.15, -0.1) is 0 Å². The summed E-state index contributed by atoms with van der Waals surface area (Å²) in [6.45, 7) is 18.1. The monoisotopic (exact) mass is 396 g/mol. The van der Waals surface area contributed by atoms with Gasteiger partial charge in [-0.1, -0.05) is 62.3 Å². The van der Waals surface area contributed by atoms with Crippen LogP contribution in [0.2, 0.25) is 0 Å². The normalized spacial score (nSPS) is 15.0. The third-order valence-electron chi connectivity index (χ3n) is 3.60. The summed E-state index contributed by atoms with van der Waals surface area (Å²) < 4.78 is 13.4. The predicted octanol–water partition coefficient (Wildman–Crippen LogP) is 5.73. The Morgan fingerprint density at radius 1 is 0.950 bits per heavy atom. The van der Waals surface area contributed by atoms with E-state index in [0.717, 1.165) is 0 Å². The van der Waals surface area contributed by atoms with Crippen molar-refractivity contribution in [3.63, 3.8) is 0 Å². The van der Waals surface area contributed by atoms with Crippen LogP contribution in [0, 0.1) is 5.41 Å². The number of halogens is 2. The molecule has 0 rings (SSSR count). The van der Waals surface area contributed by atoms with E-state index in [0.29, 0.717) is 6.16 Å². The van der Waals surface area contributed by atoms with Crippen molar-refractivity contribution < 1.29 is 24.8 Å². The van der Waals surface area contributed by atoms with Crippen LogP contribution in [0.5, 0.6) is 0 Å². The van der Waals surface area contributed by atoms with Gasteiger partial charge in [-0.25, -0.2) is 0 Å². The van der Waals surface area contributed by atoms with Crippen molar-refractivity contribution in [3.8, 4) is 0 Å². The molecule has 0 aliphatic carbocycles. The topological polar surface area (TPSA) is 37.3 Å². The van der Waals surface area contributed by atoms with Crippen LogP contribution in [0.1, 0.15) is 62.3 Å². The predicted molar refractivity (Wildman–Crippen MR) is 89.1 cm³/mol. The fourth-order valence-electron chi connectivity index (χ4n) is 2.07. The minimum absolute atomic E-state index is 0.216. The zero-order valence-electron chi connectivity index (χ0n) is 14.6. The molecular formula is C14H31Cl2O2PZn. The molecule has 0 aliphatic rings. The van der Waals surface area contributed by atoms with Gasteiger partial charge in [0.1, 0.15) is 7.14 Å². The zero-order valence-corrected chi connectivity index (χ0v) is 19.9. The second-order valence-electron chi connectivity index (χ2n) is 8.25. The molecule has 0 unspecified atom stereocenters. The van der Waals surface area contributed by atoms with Crippen LogP contribution in [0.25, 0.3) is 0 Å². The Kier molecular flexibility index (Phi) is 9.82. The second-order valence-corrected chi connectivity index (χ2v) is 17.4. The molecule has 1 atom stereocenters.